The van der Waals surface area contributed by atoms with Gasteiger partial charge in [0.2, 0.25) is 0 Å². The van der Waals surface area contributed by atoms with Crippen LogP contribution in [0.1, 0.15) is 24.0 Å². The predicted molar refractivity (Wildman–Crippen MR) is 83.3 cm³/mol. The molecule has 1 aliphatic carbocycles. The fourth-order valence-electron chi connectivity index (χ4n) is 2.37. The third kappa shape index (κ3) is 2.99. The Morgan fingerprint density at radius 1 is 1.25 bits per heavy atom. The zero-order chi connectivity index (χ0) is 13.9. The van der Waals surface area contributed by atoms with Crippen LogP contribution in [0.2, 0.25) is 0 Å². The van der Waals surface area contributed by atoms with Gasteiger partial charge in [-0.25, -0.2) is 4.98 Å². The molecule has 0 aliphatic heterocycles. The molecule has 0 saturated heterocycles. The number of nitrogens with zero attached hydrogens (tertiary/aromatic N) is 2. The number of nitrogens with one attached hydrogen (secondary N) is 1. The second-order valence-corrected chi connectivity index (χ2v) is 5.54. The predicted octanol–water partition coefficient (Wildman–Crippen LogP) is 3.41. The molecule has 0 atom stereocenters. The molecule has 0 spiro atoms. The molecule has 0 radical (unpaired) electrons. The Kier molecular flexibility index (Phi) is 3.70. The second kappa shape index (κ2) is 5.63. The van der Waals surface area contributed by atoms with Crippen LogP contribution in [0.5, 0.6) is 0 Å². The molecule has 3 rings (SSSR count). The summed E-state index contributed by atoms with van der Waals surface area (Å²) in [5.41, 5.74) is 3.70. The SMILES string of the molecule is Cc1cccc(N(C)c2ncccc2CNC2CC2)c1. The van der Waals surface area contributed by atoms with Crippen LogP contribution in [0.4, 0.5) is 11.5 Å². The van der Waals surface area contributed by atoms with Crippen molar-refractivity contribution in [2.75, 3.05) is 11.9 Å². The van der Waals surface area contributed by atoms with E-state index in [1.165, 1.54) is 29.7 Å². The fourth-order valence-corrected chi connectivity index (χ4v) is 2.37. The lowest BCUT2D eigenvalue weighted by molar-refractivity contribution is 0.685. The van der Waals surface area contributed by atoms with Crippen molar-refractivity contribution >= 4 is 11.5 Å². The Balaban J connectivity index is 1.84. The smallest absolute Gasteiger partial charge is 0.137 e. The van der Waals surface area contributed by atoms with Gasteiger partial charge in [-0.1, -0.05) is 18.2 Å². The Bertz CT molecular complexity index is 590. The van der Waals surface area contributed by atoms with E-state index >= 15 is 0 Å². The number of rotatable bonds is 5. The number of anilines is 2. The van der Waals surface area contributed by atoms with Crippen LogP contribution >= 0.6 is 0 Å². The lowest BCUT2D eigenvalue weighted by atomic mass is 10.2. The molecule has 0 unspecified atom stereocenters. The molecule has 0 amide bonds. The topological polar surface area (TPSA) is 28.2 Å². The van der Waals surface area contributed by atoms with Crippen molar-refractivity contribution in [1.82, 2.24) is 10.3 Å². The first-order valence-corrected chi connectivity index (χ1v) is 7.22. The Labute approximate surface area is 120 Å². The van der Waals surface area contributed by atoms with Gasteiger partial charge < -0.3 is 10.2 Å². The Morgan fingerprint density at radius 2 is 2.10 bits per heavy atom. The average Bonchev–Trinajstić information content (AvgIpc) is 3.29. The third-order valence-electron chi connectivity index (χ3n) is 3.73. The van der Waals surface area contributed by atoms with Crippen LogP contribution < -0.4 is 10.2 Å². The highest BCUT2D eigenvalue weighted by Gasteiger charge is 2.21. The summed E-state index contributed by atoms with van der Waals surface area (Å²) < 4.78 is 0. The van der Waals surface area contributed by atoms with E-state index < -0.39 is 0 Å². The largest absolute Gasteiger partial charge is 0.329 e. The zero-order valence-corrected chi connectivity index (χ0v) is 12.1. The number of benzene rings is 1. The summed E-state index contributed by atoms with van der Waals surface area (Å²) >= 11 is 0. The molecule has 0 bridgehead atoms. The van der Waals surface area contributed by atoms with Crippen LogP contribution in [0.3, 0.4) is 0 Å². The molecule has 20 heavy (non-hydrogen) atoms. The number of aromatic nitrogens is 1. The zero-order valence-electron chi connectivity index (χ0n) is 12.1. The number of hydrogen-bond acceptors (Lipinski definition) is 3. The summed E-state index contributed by atoms with van der Waals surface area (Å²) in [4.78, 5) is 6.73. The van der Waals surface area contributed by atoms with Crippen molar-refractivity contribution in [1.29, 1.82) is 0 Å². The van der Waals surface area contributed by atoms with Gasteiger partial charge in [-0.05, 0) is 43.5 Å². The maximum absolute atomic E-state index is 4.57. The van der Waals surface area contributed by atoms with Crippen molar-refractivity contribution < 1.29 is 0 Å². The van der Waals surface area contributed by atoms with Crippen molar-refractivity contribution in [3.63, 3.8) is 0 Å². The maximum Gasteiger partial charge on any atom is 0.137 e. The minimum absolute atomic E-state index is 0.715. The van der Waals surface area contributed by atoms with Gasteiger partial charge in [0, 0.05) is 37.1 Å². The molecule has 1 fully saturated rings. The van der Waals surface area contributed by atoms with Gasteiger partial charge in [0.25, 0.3) is 0 Å². The molecule has 1 saturated carbocycles. The molecule has 1 aromatic carbocycles. The van der Waals surface area contributed by atoms with E-state index in [0.29, 0.717) is 6.04 Å². The van der Waals surface area contributed by atoms with Crippen LogP contribution in [-0.2, 0) is 6.54 Å². The summed E-state index contributed by atoms with van der Waals surface area (Å²) in [5, 5.41) is 3.56. The van der Waals surface area contributed by atoms with Gasteiger partial charge in [-0.3, -0.25) is 0 Å². The summed E-state index contributed by atoms with van der Waals surface area (Å²) in [6, 6.07) is 13.4. The van der Waals surface area contributed by atoms with Crippen LogP contribution in [-0.4, -0.2) is 18.1 Å². The third-order valence-corrected chi connectivity index (χ3v) is 3.73. The first-order valence-electron chi connectivity index (χ1n) is 7.22. The number of hydrogen-bond donors (Lipinski definition) is 1. The van der Waals surface area contributed by atoms with Crippen molar-refractivity contribution in [3.05, 3.63) is 53.7 Å². The van der Waals surface area contributed by atoms with E-state index in [1.54, 1.807) is 0 Å². The van der Waals surface area contributed by atoms with Gasteiger partial charge in [0.15, 0.2) is 0 Å². The molecular weight excluding hydrogens is 246 g/mol. The standard InChI is InChI=1S/C17H21N3/c1-13-5-3-7-16(11-13)20(2)17-14(6-4-10-18-17)12-19-15-8-9-15/h3-7,10-11,15,19H,8-9,12H2,1-2H3. The maximum atomic E-state index is 4.57. The highest BCUT2D eigenvalue weighted by Crippen LogP contribution is 2.26. The fraction of sp³-hybridized carbons (Fsp3) is 0.353. The Morgan fingerprint density at radius 3 is 2.85 bits per heavy atom. The molecule has 2 aromatic rings. The van der Waals surface area contributed by atoms with Crippen molar-refractivity contribution in [2.24, 2.45) is 0 Å². The molecule has 1 aliphatic rings. The van der Waals surface area contributed by atoms with Gasteiger partial charge in [0.05, 0.1) is 0 Å². The monoisotopic (exact) mass is 267 g/mol. The summed E-state index contributed by atoms with van der Waals surface area (Å²) in [7, 11) is 2.08. The highest BCUT2D eigenvalue weighted by atomic mass is 15.2. The van der Waals surface area contributed by atoms with Gasteiger partial charge >= 0.3 is 0 Å². The van der Waals surface area contributed by atoms with Crippen LogP contribution in [0.15, 0.2) is 42.6 Å². The molecule has 104 valence electrons. The first-order chi connectivity index (χ1) is 9.74. The summed E-state index contributed by atoms with van der Waals surface area (Å²) in [6.07, 6.45) is 4.48. The quantitative estimate of drug-likeness (QED) is 0.900. The lowest BCUT2D eigenvalue weighted by Crippen LogP contribution is -2.19. The average molecular weight is 267 g/mol. The lowest BCUT2D eigenvalue weighted by Gasteiger charge is -2.22. The highest BCUT2D eigenvalue weighted by molar-refractivity contribution is 5.62. The minimum atomic E-state index is 0.715. The second-order valence-electron chi connectivity index (χ2n) is 5.54. The molecule has 3 heteroatoms. The van der Waals surface area contributed by atoms with E-state index in [2.05, 4.69) is 59.5 Å². The molecule has 1 N–H and O–H groups in total. The van der Waals surface area contributed by atoms with E-state index in [4.69, 9.17) is 0 Å². The van der Waals surface area contributed by atoms with Crippen LogP contribution in [0.25, 0.3) is 0 Å². The number of pyridine rings is 1. The Hall–Kier alpha value is -1.87. The van der Waals surface area contributed by atoms with Gasteiger partial charge in [-0.2, -0.15) is 0 Å². The van der Waals surface area contributed by atoms with Gasteiger partial charge in [-0.15, -0.1) is 0 Å². The summed E-state index contributed by atoms with van der Waals surface area (Å²) in [6.45, 7) is 3.01. The molecule has 1 heterocycles. The van der Waals surface area contributed by atoms with Crippen molar-refractivity contribution in [3.8, 4) is 0 Å². The van der Waals surface area contributed by atoms with E-state index in [1.807, 2.05) is 12.3 Å². The molecule has 1 aromatic heterocycles. The normalized spacial score (nSPS) is 14.3. The molecular formula is C17H21N3. The van der Waals surface area contributed by atoms with E-state index in [-0.39, 0.29) is 0 Å². The van der Waals surface area contributed by atoms with E-state index in [9.17, 15) is 0 Å². The first kappa shape index (κ1) is 13.1. The van der Waals surface area contributed by atoms with Gasteiger partial charge in [0.1, 0.15) is 5.82 Å². The van der Waals surface area contributed by atoms with E-state index in [0.717, 1.165) is 12.4 Å². The number of aryl methyl sites for hydroxylation is 1. The molecule has 3 nitrogen and oxygen atoms in total. The van der Waals surface area contributed by atoms with Crippen molar-refractivity contribution in [2.45, 2.75) is 32.4 Å². The summed E-state index contributed by atoms with van der Waals surface area (Å²) in [5.74, 6) is 1.03. The van der Waals surface area contributed by atoms with Crippen LogP contribution in [0, 0.1) is 6.92 Å². The minimum Gasteiger partial charge on any atom is -0.329 e.